The Balaban J connectivity index is 2.35. The van der Waals surface area contributed by atoms with Crippen molar-refractivity contribution in [3.63, 3.8) is 0 Å². The zero-order valence-electron chi connectivity index (χ0n) is 13.1. The third-order valence-electron chi connectivity index (χ3n) is 3.52. The van der Waals surface area contributed by atoms with Crippen LogP contribution in [-0.4, -0.2) is 4.98 Å². The molecule has 0 atom stereocenters. The normalized spacial score (nSPS) is 11.0. The molecule has 0 fully saturated rings. The monoisotopic (exact) mass is 303 g/mol. The van der Waals surface area contributed by atoms with E-state index < -0.39 is 0 Å². The number of halogens is 1. The largest absolute Gasteiger partial charge is 0.439 e. The van der Waals surface area contributed by atoms with Crippen molar-refractivity contribution in [2.24, 2.45) is 0 Å². The minimum absolute atomic E-state index is 0.469. The van der Waals surface area contributed by atoms with E-state index in [-0.39, 0.29) is 0 Å². The van der Waals surface area contributed by atoms with Crippen LogP contribution >= 0.6 is 11.6 Å². The van der Waals surface area contributed by atoms with E-state index in [1.807, 2.05) is 19.1 Å². The molecule has 0 N–H and O–H groups in total. The van der Waals surface area contributed by atoms with Crippen molar-refractivity contribution in [1.29, 1.82) is 0 Å². The number of benzene rings is 1. The summed E-state index contributed by atoms with van der Waals surface area (Å²) in [6.45, 7) is 8.48. The van der Waals surface area contributed by atoms with Crippen LogP contribution in [0.15, 0.2) is 30.3 Å². The van der Waals surface area contributed by atoms with Crippen LogP contribution in [0.25, 0.3) is 0 Å². The number of ether oxygens (including phenoxy) is 1. The fourth-order valence-electron chi connectivity index (χ4n) is 2.13. The Morgan fingerprint density at radius 2 is 1.95 bits per heavy atom. The van der Waals surface area contributed by atoms with Gasteiger partial charge in [0.25, 0.3) is 0 Å². The molecule has 1 aromatic heterocycles. The Kier molecular flexibility index (Phi) is 5.24. The van der Waals surface area contributed by atoms with E-state index in [0.717, 1.165) is 29.0 Å². The van der Waals surface area contributed by atoms with Gasteiger partial charge in [-0.1, -0.05) is 32.9 Å². The smallest absolute Gasteiger partial charge is 0.219 e. The van der Waals surface area contributed by atoms with Gasteiger partial charge in [0.15, 0.2) is 0 Å². The maximum absolute atomic E-state index is 6.02. The molecule has 0 amide bonds. The van der Waals surface area contributed by atoms with Gasteiger partial charge in [0.05, 0.1) is 0 Å². The molecule has 0 aliphatic carbocycles. The van der Waals surface area contributed by atoms with Crippen molar-refractivity contribution < 1.29 is 4.74 Å². The van der Waals surface area contributed by atoms with Gasteiger partial charge in [-0.2, -0.15) is 0 Å². The van der Waals surface area contributed by atoms with E-state index in [4.69, 9.17) is 16.3 Å². The fourth-order valence-corrected chi connectivity index (χ4v) is 2.28. The van der Waals surface area contributed by atoms with E-state index >= 15 is 0 Å². The predicted molar refractivity (Wildman–Crippen MR) is 88.5 cm³/mol. The van der Waals surface area contributed by atoms with Crippen molar-refractivity contribution in [3.8, 4) is 11.6 Å². The first-order valence-corrected chi connectivity index (χ1v) is 7.91. The summed E-state index contributed by atoms with van der Waals surface area (Å²) in [5, 5.41) is 0. The second-order valence-electron chi connectivity index (χ2n) is 5.57. The first-order chi connectivity index (χ1) is 10.0. The highest BCUT2D eigenvalue weighted by Gasteiger charge is 2.08. The summed E-state index contributed by atoms with van der Waals surface area (Å²) in [6.07, 6.45) is 0.867. The molecule has 2 nitrogen and oxygen atoms in total. The SMILES string of the molecule is CCc1cc(CCl)cc(Oc2cc(C(C)C)ccc2C)n1. The Labute approximate surface area is 132 Å². The summed E-state index contributed by atoms with van der Waals surface area (Å²) >= 11 is 5.95. The van der Waals surface area contributed by atoms with Crippen molar-refractivity contribution in [1.82, 2.24) is 4.98 Å². The molecule has 2 aromatic rings. The second kappa shape index (κ2) is 6.95. The number of hydrogen-bond acceptors (Lipinski definition) is 2. The maximum Gasteiger partial charge on any atom is 0.219 e. The van der Waals surface area contributed by atoms with Gasteiger partial charge in [-0.15, -0.1) is 11.6 Å². The lowest BCUT2D eigenvalue weighted by Crippen LogP contribution is -1.97. The van der Waals surface area contributed by atoms with Crippen LogP contribution in [0.5, 0.6) is 11.6 Å². The van der Waals surface area contributed by atoms with Crippen LogP contribution in [0.4, 0.5) is 0 Å². The summed E-state index contributed by atoms with van der Waals surface area (Å²) in [6, 6.07) is 10.3. The van der Waals surface area contributed by atoms with Gasteiger partial charge in [-0.25, -0.2) is 4.98 Å². The molecule has 0 aliphatic rings. The minimum atomic E-state index is 0.469. The molecular formula is C18H22ClNO. The van der Waals surface area contributed by atoms with E-state index in [9.17, 15) is 0 Å². The lowest BCUT2D eigenvalue weighted by Gasteiger charge is -2.13. The summed E-state index contributed by atoms with van der Waals surface area (Å²) in [7, 11) is 0. The van der Waals surface area contributed by atoms with Crippen LogP contribution < -0.4 is 4.74 Å². The van der Waals surface area contributed by atoms with Gasteiger partial charge in [0, 0.05) is 17.6 Å². The number of pyridine rings is 1. The molecule has 0 unspecified atom stereocenters. The third kappa shape index (κ3) is 3.98. The summed E-state index contributed by atoms with van der Waals surface area (Å²) < 4.78 is 6.02. The molecule has 2 rings (SSSR count). The molecule has 0 saturated heterocycles. The van der Waals surface area contributed by atoms with E-state index in [2.05, 4.69) is 44.0 Å². The van der Waals surface area contributed by atoms with E-state index in [1.54, 1.807) is 0 Å². The molecule has 0 aliphatic heterocycles. The molecule has 21 heavy (non-hydrogen) atoms. The van der Waals surface area contributed by atoms with Gasteiger partial charge >= 0.3 is 0 Å². The highest BCUT2D eigenvalue weighted by Crippen LogP contribution is 2.28. The summed E-state index contributed by atoms with van der Waals surface area (Å²) in [4.78, 5) is 4.53. The lowest BCUT2D eigenvalue weighted by atomic mass is 10.0. The average Bonchev–Trinajstić information content (AvgIpc) is 2.48. The van der Waals surface area contributed by atoms with Crippen LogP contribution in [0.3, 0.4) is 0 Å². The van der Waals surface area contributed by atoms with Crippen LogP contribution in [-0.2, 0) is 12.3 Å². The Morgan fingerprint density at radius 1 is 1.19 bits per heavy atom. The number of nitrogens with zero attached hydrogens (tertiary/aromatic N) is 1. The minimum Gasteiger partial charge on any atom is -0.439 e. The highest BCUT2D eigenvalue weighted by molar-refractivity contribution is 6.17. The number of aromatic nitrogens is 1. The lowest BCUT2D eigenvalue weighted by molar-refractivity contribution is 0.456. The van der Waals surface area contributed by atoms with Crippen LogP contribution in [0.2, 0.25) is 0 Å². The van der Waals surface area contributed by atoms with Crippen LogP contribution in [0.1, 0.15) is 49.1 Å². The molecule has 0 radical (unpaired) electrons. The standard InChI is InChI=1S/C18H22ClNO/c1-5-16-8-14(11-19)9-18(20-16)21-17-10-15(12(2)3)7-6-13(17)4/h6-10,12H,5,11H2,1-4H3. The number of alkyl halides is 1. The number of aryl methyl sites for hydroxylation is 2. The van der Waals surface area contributed by atoms with Crippen molar-refractivity contribution in [2.75, 3.05) is 0 Å². The molecule has 1 aromatic carbocycles. The second-order valence-corrected chi connectivity index (χ2v) is 5.84. The van der Waals surface area contributed by atoms with Gasteiger partial charge in [0.2, 0.25) is 5.88 Å². The number of rotatable bonds is 5. The van der Waals surface area contributed by atoms with Gasteiger partial charge < -0.3 is 4.74 Å². The Hall–Kier alpha value is -1.54. The van der Waals surface area contributed by atoms with Crippen molar-refractivity contribution >= 4 is 11.6 Å². The summed E-state index contributed by atoms with van der Waals surface area (Å²) in [5.41, 5.74) is 4.41. The zero-order chi connectivity index (χ0) is 15.4. The zero-order valence-corrected chi connectivity index (χ0v) is 13.9. The quantitative estimate of drug-likeness (QED) is 0.670. The Morgan fingerprint density at radius 3 is 2.57 bits per heavy atom. The molecule has 112 valence electrons. The molecule has 0 bridgehead atoms. The molecular weight excluding hydrogens is 282 g/mol. The van der Waals surface area contributed by atoms with Gasteiger partial charge in [0.1, 0.15) is 5.75 Å². The topological polar surface area (TPSA) is 22.1 Å². The van der Waals surface area contributed by atoms with E-state index in [0.29, 0.717) is 17.7 Å². The van der Waals surface area contributed by atoms with Crippen molar-refractivity contribution in [2.45, 2.75) is 45.9 Å². The van der Waals surface area contributed by atoms with E-state index in [1.165, 1.54) is 5.56 Å². The predicted octanol–water partition coefficient (Wildman–Crippen LogP) is 5.61. The fraction of sp³-hybridized carbons (Fsp3) is 0.389. The average molecular weight is 304 g/mol. The summed E-state index contributed by atoms with van der Waals surface area (Å²) in [5.74, 6) is 2.43. The third-order valence-corrected chi connectivity index (χ3v) is 3.83. The highest BCUT2D eigenvalue weighted by atomic mass is 35.5. The van der Waals surface area contributed by atoms with Crippen LogP contribution in [0, 0.1) is 6.92 Å². The number of hydrogen-bond donors (Lipinski definition) is 0. The first kappa shape index (κ1) is 15.8. The molecule has 0 saturated carbocycles. The maximum atomic E-state index is 6.02. The molecule has 1 heterocycles. The van der Waals surface area contributed by atoms with Gasteiger partial charge in [-0.3, -0.25) is 0 Å². The van der Waals surface area contributed by atoms with Gasteiger partial charge in [-0.05, 0) is 48.1 Å². The molecule has 0 spiro atoms. The molecule has 3 heteroatoms. The first-order valence-electron chi connectivity index (χ1n) is 7.37. The Bertz CT molecular complexity index is 600. The van der Waals surface area contributed by atoms with Crippen molar-refractivity contribution in [3.05, 3.63) is 52.7 Å².